The number of benzene rings is 3. The van der Waals surface area contributed by atoms with Crippen molar-refractivity contribution in [1.29, 1.82) is 0 Å². The SMILES string of the molecule is CCCNC(=O)[C@H](Cc1ccccc1)N(Cc1cccc(Br)c1)C(=O)CCCN(c1ccc2c(c1)OCCO2)S(C)(=O)=O. The van der Waals surface area contributed by atoms with Crippen molar-refractivity contribution in [3.05, 3.63) is 88.4 Å². The largest absolute Gasteiger partial charge is 0.486 e. The van der Waals surface area contributed by atoms with Crippen LogP contribution in [0.2, 0.25) is 0 Å². The number of rotatable bonds is 14. The molecule has 0 unspecified atom stereocenters. The molecule has 43 heavy (non-hydrogen) atoms. The van der Waals surface area contributed by atoms with Gasteiger partial charge in [-0.2, -0.15) is 0 Å². The molecule has 2 amide bonds. The van der Waals surface area contributed by atoms with E-state index in [1.54, 1.807) is 23.1 Å². The Morgan fingerprint density at radius 1 is 0.953 bits per heavy atom. The second-order valence-electron chi connectivity index (χ2n) is 10.4. The number of hydrogen-bond donors (Lipinski definition) is 1. The zero-order valence-corrected chi connectivity index (χ0v) is 26.9. The Labute approximate surface area is 262 Å². The summed E-state index contributed by atoms with van der Waals surface area (Å²) >= 11 is 3.50. The summed E-state index contributed by atoms with van der Waals surface area (Å²) in [6.07, 6.45) is 2.56. The third-order valence-electron chi connectivity index (χ3n) is 7.03. The van der Waals surface area contributed by atoms with Crippen LogP contribution in [-0.2, 0) is 32.6 Å². The fourth-order valence-corrected chi connectivity index (χ4v) is 6.35. The quantitative estimate of drug-likeness (QED) is 0.261. The third-order valence-corrected chi connectivity index (χ3v) is 8.72. The number of hydrogen-bond acceptors (Lipinski definition) is 6. The number of amides is 2. The second-order valence-corrected chi connectivity index (χ2v) is 13.2. The predicted octanol–water partition coefficient (Wildman–Crippen LogP) is 4.93. The van der Waals surface area contributed by atoms with Crippen LogP contribution in [0, 0.1) is 0 Å². The van der Waals surface area contributed by atoms with Gasteiger partial charge in [-0.25, -0.2) is 8.42 Å². The number of carbonyl (C=O) groups is 2. The van der Waals surface area contributed by atoms with Gasteiger partial charge in [0.25, 0.3) is 0 Å². The van der Waals surface area contributed by atoms with Gasteiger partial charge in [-0.15, -0.1) is 0 Å². The summed E-state index contributed by atoms with van der Waals surface area (Å²) in [5.74, 6) is 0.592. The minimum Gasteiger partial charge on any atom is -0.486 e. The summed E-state index contributed by atoms with van der Waals surface area (Å²) in [6.45, 7) is 3.61. The monoisotopic (exact) mass is 671 g/mol. The topological polar surface area (TPSA) is 105 Å². The number of ether oxygens (including phenoxy) is 2. The average Bonchev–Trinajstić information content (AvgIpc) is 2.99. The van der Waals surface area contributed by atoms with E-state index in [2.05, 4.69) is 21.2 Å². The van der Waals surface area contributed by atoms with Crippen molar-refractivity contribution < 1.29 is 27.5 Å². The summed E-state index contributed by atoms with van der Waals surface area (Å²) in [5, 5.41) is 2.97. The van der Waals surface area contributed by atoms with Crippen LogP contribution in [0.5, 0.6) is 11.5 Å². The van der Waals surface area contributed by atoms with Crippen molar-refractivity contribution in [2.45, 2.75) is 45.2 Å². The molecule has 0 aliphatic carbocycles. The summed E-state index contributed by atoms with van der Waals surface area (Å²) in [4.78, 5) is 29.1. The summed E-state index contributed by atoms with van der Waals surface area (Å²) < 4.78 is 38.9. The maximum atomic E-state index is 13.9. The van der Waals surface area contributed by atoms with Gasteiger partial charge in [0.2, 0.25) is 21.8 Å². The highest BCUT2D eigenvalue weighted by Crippen LogP contribution is 2.35. The molecule has 0 spiro atoms. The smallest absolute Gasteiger partial charge is 0.243 e. The first kappa shape index (κ1) is 32.3. The lowest BCUT2D eigenvalue weighted by Crippen LogP contribution is -2.50. The van der Waals surface area contributed by atoms with E-state index in [4.69, 9.17) is 9.47 Å². The Hall–Kier alpha value is -3.57. The van der Waals surface area contributed by atoms with E-state index >= 15 is 0 Å². The average molecular weight is 673 g/mol. The molecule has 1 aliphatic rings. The first-order valence-corrected chi connectivity index (χ1v) is 17.0. The van der Waals surface area contributed by atoms with Crippen molar-refractivity contribution in [3.8, 4) is 11.5 Å². The lowest BCUT2D eigenvalue weighted by atomic mass is 10.0. The van der Waals surface area contributed by atoms with Crippen LogP contribution < -0.4 is 19.1 Å². The number of fused-ring (bicyclic) bond motifs is 1. The summed E-state index contributed by atoms with van der Waals surface area (Å²) in [7, 11) is -3.65. The molecule has 230 valence electrons. The van der Waals surface area contributed by atoms with Crippen molar-refractivity contribution in [3.63, 3.8) is 0 Å². The molecule has 9 nitrogen and oxygen atoms in total. The van der Waals surface area contributed by atoms with Crippen LogP contribution in [0.4, 0.5) is 5.69 Å². The molecule has 0 saturated carbocycles. The highest BCUT2D eigenvalue weighted by molar-refractivity contribution is 9.10. The number of carbonyl (C=O) groups excluding carboxylic acids is 2. The summed E-state index contributed by atoms with van der Waals surface area (Å²) in [5.41, 5.74) is 2.25. The van der Waals surface area contributed by atoms with Crippen molar-refractivity contribution in [2.75, 3.05) is 36.9 Å². The van der Waals surface area contributed by atoms with Crippen LogP contribution in [0.1, 0.15) is 37.3 Å². The summed E-state index contributed by atoms with van der Waals surface area (Å²) in [6, 6.07) is 21.5. The van der Waals surface area contributed by atoms with E-state index in [9.17, 15) is 18.0 Å². The molecule has 0 radical (unpaired) electrons. The van der Waals surface area contributed by atoms with E-state index < -0.39 is 16.1 Å². The number of sulfonamides is 1. The highest BCUT2D eigenvalue weighted by Gasteiger charge is 2.30. The molecule has 11 heteroatoms. The first-order valence-electron chi connectivity index (χ1n) is 14.4. The Kier molecular flexibility index (Phi) is 11.5. The van der Waals surface area contributed by atoms with Crippen molar-refractivity contribution >= 4 is 43.5 Å². The molecule has 1 aliphatic heterocycles. The van der Waals surface area contributed by atoms with Crippen LogP contribution in [0.15, 0.2) is 77.3 Å². The normalized spacial score (nSPS) is 13.2. The molecule has 0 bridgehead atoms. The van der Waals surface area contributed by atoms with Gasteiger partial charge in [0, 0.05) is 43.0 Å². The molecule has 1 atom stereocenters. The van der Waals surface area contributed by atoms with Crippen LogP contribution in [-0.4, -0.2) is 63.7 Å². The van der Waals surface area contributed by atoms with Gasteiger partial charge in [0.15, 0.2) is 11.5 Å². The minimum absolute atomic E-state index is 0.0525. The third kappa shape index (κ3) is 9.21. The first-order chi connectivity index (χ1) is 20.7. The minimum atomic E-state index is -3.65. The van der Waals surface area contributed by atoms with Crippen LogP contribution in [0.3, 0.4) is 0 Å². The van der Waals surface area contributed by atoms with E-state index in [1.807, 2.05) is 61.5 Å². The van der Waals surface area contributed by atoms with Gasteiger partial charge in [0.05, 0.1) is 11.9 Å². The van der Waals surface area contributed by atoms with Gasteiger partial charge in [-0.3, -0.25) is 13.9 Å². The molecule has 4 rings (SSSR count). The number of anilines is 1. The molecule has 1 N–H and O–H groups in total. The molecule has 0 aromatic heterocycles. The van der Waals surface area contributed by atoms with E-state index in [1.165, 1.54) is 4.31 Å². The zero-order valence-electron chi connectivity index (χ0n) is 24.5. The van der Waals surface area contributed by atoms with Gasteiger partial charge < -0.3 is 19.7 Å². The van der Waals surface area contributed by atoms with Crippen molar-refractivity contribution in [2.24, 2.45) is 0 Å². The lowest BCUT2D eigenvalue weighted by molar-refractivity contribution is -0.141. The maximum Gasteiger partial charge on any atom is 0.243 e. The molecule has 0 saturated heterocycles. The highest BCUT2D eigenvalue weighted by atomic mass is 79.9. The van der Waals surface area contributed by atoms with E-state index in [-0.39, 0.29) is 37.7 Å². The van der Waals surface area contributed by atoms with Gasteiger partial charge in [-0.1, -0.05) is 65.3 Å². The van der Waals surface area contributed by atoms with E-state index in [0.29, 0.717) is 43.4 Å². The number of nitrogens with one attached hydrogen (secondary N) is 1. The molecule has 1 heterocycles. The van der Waals surface area contributed by atoms with Crippen LogP contribution in [0.25, 0.3) is 0 Å². The fraction of sp³-hybridized carbons (Fsp3) is 0.375. The standard InChI is InChI=1S/C32H38BrN3O6S/c1-3-16-34-32(38)28(21-24-9-5-4-6-10-24)35(23-25-11-7-12-26(33)20-25)31(37)13-8-17-36(43(2,39)40)27-14-15-29-30(22-27)42-19-18-41-29/h4-7,9-12,14-15,20,22,28H,3,8,13,16-19,21,23H2,1-2H3,(H,34,38)/t28-/m0/s1. The van der Waals surface area contributed by atoms with Crippen molar-refractivity contribution in [1.82, 2.24) is 10.2 Å². The molecule has 0 fully saturated rings. The van der Waals surface area contributed by atoms with Gasteiger partial charge >= 0.3 is 0 Å². The Bertz CT molecular complexity index is 1500. The van der Waals surface area contributed by atoms with Crippen LogP contribution >= 0.6 is 15.9 Å². The molecular formula is C32H38BrN3O6S. The fourth-order valence-electron chi connectivity index (χ4n) is 4.94. The number of halogens is 1. The molecular weight excluding hydrogens is 634 g/mol. The van der Waals surface area contributed by atoms with E-state index in [0.717, 1.165) is 28.3 Å². The predicted molar refractivity (Wildman–Crippen MR) is 171 cm³/mol. The Balaban J connectivity index is 1.56. The maximum absolute atomic E-state index is 13.9. The molecule has 3 aromatic carbocycles. The Morgan fingerprint density at radius 3 is 2.37 bits per heavy atom. The molecule has 3 aromatic rings. The second kappa shape index (κ2) is 15.2. The van der Waals surface area contributed by atoms with Gasteiger partial charge in [0.1, 0.15) is 19.3 Å². The number of nitrogens with zero attached hydrogens (tertiary/aromatic N) is 2. The van der Waals surface area contributed by atoms with Gasteiger partial charge in [-0.05, 0) is 48.2 Å². The Morgan fingerprint density at radius 2 is 1.67 bits per heavy atom. The lowest BCUT2D eigenvalue weighted by Gasteiger charge is -2.32. The zero-order chi connectivity index (χ0) is 30.8.